The summed E-state index contributed by atoms with van der Waals surface area (Å²) in [7, 11) is 0. The van der Waals surface area contributed by atoms with Crippen molar-refractivity contribution in [2.24, 2.45) is 0 Å². The van der Waals surface area contributed by atoms with Crippen LogP contribution in [0.15, 0.2) is 48.7 Å². The van der Waals surface area contributed by atoms with Crippen molar-refractivity contribution in [2.75, 3.05) is 0 Å². The van der Waals surface area contributed by atoms with Crippen LogP contribution in [0.1, 0.15) is 5.56 Å². The molecule has 0 spiro atoms. The van der Waals surface area contributed by atoms with E-state index in [0.717, 1.165) is 32.7 Å². The molecule has 0 unspecified atom stereocenters. The fraction of sp³-hybridized carbons (Fsp3) is 0. The first kappa shape index (κ1) is 10.1. The predicted octanol–water partition coefficient (Wildman–Crippen LogP) is 3.74. The van der Waals surface area contributed by atoms with Gasteiger partial charge in [0, 0.05) is 28.0 Å². The molecule has 19 heavy (non-hydrogen) atoms. The first-order valence-electron chi connectivity index (χ1n) is 6.06. The molecule has 2 heterocycles. The molecule has 4 aromatic rings. The summed E-state index contributed by atoms with van der Waals surface area (Å²) in [6.07, 6.45) is 1.64. The van der Waals surface area contributed by atoms with Gasteiger partial charge in [-0.2, -0.15) is 5.26 Å². The zero-order chi connectivity index (χ0) is 12.8. The molecule has 0 saturated carbocycles. The molecule has 2 aromatic carbocycles. The topological polar surface area (TPSA) is 52.5 Å². The van der Waals surface area contributed by atoms with Crippen LogP contribution in [0.4, 0.5) is 0 Å². The van der Waals surface area contributed by atoms with Crippen LogP contribution in [0.5, 0.6) is 0 Å². The van der Waals surface area contributed by atoms with E-state index >= 15 is 0 Å². The number of benzene rings is 2. The number of aromatic nitrogens is 2. The minimum atomic E-state index is 0.630. The van der Waals surface area contributed by atoms with Crippen LogP contribution in [0.2, 0.25) is 0 Å². The Morgan fingerprint density at radius 1 is 1.00 bits per heavy atom. The maximum absolute atomic E-state index is 9.07. The molecule has 0 bridgehead atoms. The number of H-pyrrole nitrogens is 1. The van der Waals surface area contributed by atoms with E-state index in [4.69, 9.17) is 5.26 Å². The van der Waals surface area contributed by atoms with Crippen molar-refractivity contribution >= 4 is 32.7 Å². The number of rotatable bonds is 0. The Balaban J connectivity index is 2.23. The SMILES string of the molecule is N#Cc1cnc2c1ccc1[nH]c3ccccc3cc12. The molecule has 88 valence electrons. The van der Waals surface area contributed by atoms with Crippen LogP contribution in [0, 0.1) is 11.3 Å². The molecule has 0 amide bonds. The van der Waals surface area contributed by atoms with Crippen LogP contribution < -0.4 is 0 Å². The molecule has 0 radical (unpaired) electrons. The second kappa shape index (κ2) is 3.56. The average molecular weight is 243 g/mol. The minimum Gasteiger partial charge on any atom is -0.354 e. The highest BCUT2D eigenvalue weighted by Crippen LogP contribution is 2.28. The van der Waals surface area contributed by atoms with E-state index in [1.165, 1.54) is 0 Å². The summed E-state index contributed by atoms with van der Waals surface area (Å²) in [5.41, 5.74) is 3.65. The second-order valence-corrected chi connectivity index (χ2v) is 4.56. The van der Waals surface area contributed by atoms with Crippen molar-refractivity contribution in [2.45, 2.75) is 0 Å². The van der Waals surface area contributed by atoms with Crippen LogP contribution >= 0.6 is 0 Å². The molecule has 0 saturated heterocycles. The first-order chi connectivity index (χ1) is 9.36. The normalized spacial score (nSPS) is 11.1. The quantitative estimate of drug-likeness (QED) is 0.478. The Labute approximate surface area is 109 Å². The fourth-order valence-electron chi connectivity index (χ4n) is 2.54. The van der Waals surface area contributed by atoms with E-state index in [1.54, 1.807) is 6.20 Å². The lowest BCUT2D eigenvalue weighted by Crippen LogP contribution is -1.83. The zero-order valence-corrected chi connectivity index (χ0v) is 10.0. The fourth-order valence-corrected chi connectivity index (χ4v) is 2.54. The number of hydrogen-bond acceptors (Lipinski definition) is 2. The number of nitrogens with zero attached hydrogens (tertiary/aromatic N) is 2. The largest absolute Gasteiger partial charge is 0.354 e. The van der Waals surface area contributed by atoms with Crippen molar-refractivity contribution in [3.8, 4) is 6.07 Å². The smallest absolute Gasteiger partial charge is 0.101 e. The summed E-state index contributed by atoms with van der Waals surface area (Å²) >= 11 is 0. The van der Waals surface area contributed by atoms with Gasteiger partial charge in [0.2, 0.25) is 0 Å². The molecule has 0 aliphatic rings. The molecular weight excluding hydrogens is 234 g/mol. The summed E-state index contributed by atoms with van der Waals surface area (Å²) in [5, 5.41) is 12.2. The second-order valence-electron chi connectivity index (χ2n) is 4.56. The van der Waals surface area contributed by atoms with Crippen molar-refractivity contribution in [3.63, 3.8) is 0 Å². The Bertz CT molecular complexity index is 974. The zero-order valence-electron chi connectivity index (χ0n) is 10.0. The standard InChI is InChI=1S/C16H9N3/c17-8-11-9-18-16-12(11)5-6-15-13(16)7-10-3-1-2-4-14(10)19-15/h1-7,9,19H. The molecule has 0 aliphatic heterocycles. The van der Waals surface area contributed by atoms with Gasteiger partial charge < -0.3 is 4.98 Å². The molecule has 0 fully saturated rings. The number of aromatic amines is 1. The third-order valence-corrected chi connectivity index (χ3v) is 3.48. The Kier molecular flexibility index (Phi) is 1.89. The third kappa shape index (κ3) is 1.34. The highest BCUT2D eigenvalue weighted by molar-refractivity contribution is 6.09. The Hall–Kier alpha value is -2.86. The lowest BCUT2D eigenvalue weighted by molar-refractivity contribution is 1.45. The van der Waals surface area contributed by atoms with E-state index in [2.05, 4.69) is 34.2 Å². The van der Waals surface area contributed by atoms with Gasteiger partial charge in [-0.05, 0) is 29.7 Å². The molecule has 4 rings (SSSR count). The van der Waals surface area contributed by atoms with Crippen molar-refractivity contribution in [3.05, 3.63) is 54.2 Å². The summed E-state index contributed by atoms with van der Waals surface area (Å²) in [6, 6.07) is 16.4. The van der Waals surface area contributed by atoms with Crippen molar-refractivity contribution < 1.29 is 0 Å². The third-order valence-electron chi connectivity index (χ3n) is 3.48. The number of hydrogen-bond donors (Lipinski definition) is 1. The molecule has 0 aliphatic carbocycles. The minimum absolute atomic E-state index is 0.630. The van der Waals surface area contributed by atoms with Crippen molar-refractivity contribution in [1.29, 1.82) is 5.26 Å². The first-order valence-corrected chi connectivity index (χ1v) is 6.06. The van der Waals surface area contributed by atoms with E-state index in [0.29, 0.717) is 5.56 Å². The molecular formula is C16H9N3. The van der Waals surface area contributed by atoms with Crippen LogP contribution in [-0.2, 0) is 0 Å². The van der Waals surface area contributed by atoms with E-state index in [1.807, 2.05) is 24.3 Å². The maximum Gasteiger partial charge on any atom is 0.101 e. The van der Waals surface area contributed by atoms with Gasteiger partial charge in [-0.1, -0.05) is 18.2 Å². The number of fused-ring (bicyclic) bond motifs is 4. The van der Waals surface area contributed by atoms with Gasteiger partial charge in [0.05, 0.1) is 11.1 Å². The molecule has 3 nitrogen and oxygen atoms in total. The predicted molar refractivity (Wildman–Crippen MR) is 75.8 cm³/mol. The van der Waals surface area contributed by atoms with Gasteiger partial charge in [0.25, 0.3) is 0 Å². The highest BCUT2D eigenvalue weighted by atomic mass is 14.7. The highest BCUT2D eigenvalue weighted by Gasteiger charge is 2.08. The molecule has 2 aromatic heterocycles. The summed E-state index contributed by atoms with van der Waals surface area (Å²) in [5.74, 6) is 0. The summed E-state index contributed by atoms with van der Waals surface area (Å²) in [6.45, 7) is 0. The Morgan fingerprint density at radius 2 is 1.89 bits per heavy atom. The average Bonchev–Trinajstić information content (AvgIpc) is 2.88. The van der Waals surface area contributed by atoms with Crippen LogP contribution in [-0.4, -0.2) is 9.97 Å². The van der Waals surface area contributed by atoms with Gasteiger partial charge in [0.15, 0.2) is 0 Å². The molecule has 0 atom stereocenters. The van der Waals surface area contributed by atoms with Crippen LogP contribution in [0.25, 0.3) is 32.7 Å². The number of pyridine rings is 1. The lowest BCUT2D eigenvalue weighted by Gasteiger charge is -2.04. The van der Waals surface area contributed by atoms with E-state index in [9.17, 15) is 0 Å². The van der Waals surface area contributed by atoms with Gasteiger partial charge in [-0.15, -0.1) is 0 Å². The molecule has 3 heteroatoms. The van der Waals surface area contributed by atoms with E-state index < -0.39 is 0 Å². The van der Waals surface area contributed by atoms with E-state index in [-0.39, 0.29) is 0 Å². The van der Waals surface area contributed by atoms with Gasteiger partial charge in [0.1, 0.15) is 6.07 Å². The summed E-state index contributed by atoms with van der Waals surface area (Å²) in [4.78, 5) is 7.79. The number of nitriles is 1. The molecule has 1 N–H and O–H groups in total. The van der Waals surface area contributed by atoms with Crippen LogP contribution in [0.3, 0.4) is 0 Å². The monoisotopic (exact) mass is 243 g/mol. The van der Waals surface area contributed by atoms with Gasteiger partial charge >= 0.3 is 0 Å². The van der Waals surface area contributed by atoms with Gasteiger partial charge in [-0.25, -0.2) is 0 Å². The number of para-hydroxylation sites is 1. The lowest BCUT2D eigenvalue weighted by atomic mass is 10.1. The van der Waals surface area contributed by atoms with Crippen molar-refractivity contribution in [1.82, 2.24) is 9.97 Å². The summed E-state index contributed by atoms with van der Waals surface area (Å²) < 4.78 is 0. The Morgan fingerprint density at radius 3 is 2.79 bits per heavy atom. The maximum atomic E-state index is 9.07. The number of nitrogens with one attached hydrogen (secondary N) is 1. The van der Waals surface area contributed by atoms with Gasteiger partial charge in [-0.3, -0.25) is 4.98 Å².